The number of furan rings is 1. The van der Waals surface area contributed by atoms with Crippen molar-refractivity contribution in [2.75, 3.05) is 25.0 Å². The zero-order valence-electron chi connectivity index (χ0n) is 15.1. The molecule has 6 nitrogen and oxygen atoms in total. The highest BCUT2D eigenvalue weighted by Gasteiger charge is 2.16. The number of fused-ring (bicyclic) bond motifs is 1. The van der Waals surface area contributed by atoms with Crippen LogP contribution in [0.4, 0.5) is 5.69 Å². The van der Waals surface area contributed by atoms with Gasteiger partial charge in [-0.25, -0.2) is 4.98 Å². The summed E-state index contributed by atoms with van der Waals surface area (Å²) in [4.78, 5) is 18.6. The van der Waals surface area contributed by atoms with Gasteiger partial charge in [-0.3, -0.25) is 4.79 Å². The summed E-state index contributed by atoms with van der Waals surface area (Å²) in [6.07, 6.45) is 6.54. The number of aryl methyl sites for hydroxylation is 1. The molecule has 1 fully saturated rings. The van der Waals surface area contributed by atoms with Crippen LogP contribution in [0.1, 0.15) is 35.6 Å². The highest BCUT2D eigenvalue weighted by molar-refractivity contribution is 6.03. The molecule has 0 spiro atoms. The van der Waals surface area contributed by atoms with Crippen molar-refractivity contribution in [2.24, 2.45) is 7.05 Å². The molecule has 2 N–H and O–H groups in total. The smallest absolute Gasteiger partial charge is 0.291 e. The van der Waals surface area contributed by atoms with Crippen molar-refractivity contribution in [1.82, 2.24) is 9.55 Å². The summed E-state index contributed by atoms with van der Waals surface area (Å²) >= 11 is 0. The number of hydrogen-bond donors (Lipinski definition) is 2. The Balaban J connectivity index is 1.48. The molecule has 136 valence electrons. The molecule has 0 aliphatic carbocycles. The SMILES string of the molecule is Cn1c(CC[NH+]2CCCCC2)nc2cc(NC(=O)c3ccco3)ccc21. The van der Waals surface area contributed by atoms with Gasteiger partial charge in [0.15, 0.2) is 5.76 Å². The molecule has 26 heavy (non-hydrogen) atoms. The zero-order valence-corrected chi connectivity index (χ0v) is 15.1. The molecule has 0 unspecified atom stereocenters. The Morgan fingerprint density at radius 2 is 2.12 bits per heavy atom. The number of hydrogen-bond acceptors (Lipinski definition) is 3. The van der Waals surface area contributed by atoms with E-state index in [0.29, 0.717) is 5.76 Å². The van der Waals surface area contributed by atoms with Gasteiger partial charge in [0, 0.05) is 12.7 Å². The molecule has 0 radical (unpaired) electrons. The third kappa shape index (κ3) is 3.51. The number of carbonyl (C=O) groups is 1. The molecule has 1 aromatic carbocycles. The lowest BCUT2D eigenvalue weighted by molar-refractivity contribution is -0.904. The van der Waals surface area contributed by atoms with Crippen LogP contribution < -0.4 is 10.2 Å². The van der Waals surface area contributed by atoms with Gasteiger partial charge in [0.05, 0.1) is 43.4 Å². The first kappa shape index (κ1) is 16.8. The quantitative estimate of drug-likeness (QED) is 0.738. The Kier molecular flexibility index (Phi) is 4.75. The van der Waals surface area contributed by atoms with Crippen molar-refractivity contribution in [3.05, 3.63) is 48.2 Å². The molecule has 0 saturated carbocycles. The van der Waals surface area contributed by atoms with Gasteiger partial charge in [-0.05, 0) is 49.6 Å². The van der Waals surface area contributed by atoms with E-state index in [4.69, 9.17) is 9.40 Å². The van der Waals surface area contributed by atoms with Crippen molar-refractivity contribution in [2.45, 2.75) is 25.7 Å². The number of benzene rings is 1. The molecule has 3 heterocycles. The standard InChI is InChI=1S/C20H24N4O2/c1-23-17-8-7-15(21-20(25)18-6-5-13-26-18)14-16(17)22-19(23)9-12-24-10-3-2-4-11-24/h5-8,13-14H,2-4,9-12H2,1H3,(H,21,25)/p+1. The Labute approximate surface area is 152 Å². The number of piperidine rings is 1. The molecular weight excluding hydrogens is 328 g/mol. The molecule has 3 aromatic rings. The van der Waals surface area contributed by atoms with Gasteiger partial charge in [0.1, 0.15) is 5.82 Å². The van der Waals surface area contributed by atoms with E-state index in [1.54, 1.807) is 17.0 Å². The van der Waals surface area contributed by atoms with Crippen molar-refractivity contribution in [3.8, 4) is 0 Å². The molecule has 1 aliphatic heterocycles. The van der Waals surface area contributed by atoms with Crippen LogP contribution in [0.15, 0.2) is 41.0 Å². The average Bonchev–Trinajstić information content (AvgIpc) is 3.30. The maximum absolute atomic E-state index is 12.1. The maximum atomic E-state index is 12.1. The summed E-state index contributed by atoms with van der Waals surface area (Å²) in [5, 5.41) is 2.86. The summed E-state index contributed by atoms with van der Waals surface area (Å²) in [6.45, 7) is 3.71. The van der Waals surface area contributed by atoms with Crippen LogP contribution in [-0.2, 0) is 13.5 Å². The minimum atomic E-state index is -0.251. The number of carbonyl (C=O) groups excluding carboxylic acids is 1. The van der Waals surface area contributed by atoms with Crippen LogP contribution in [-0.4, -0.2) is 35.1 Å². The summed E-state index contributed by atoms with van der Waals surface area (Å²) in [6, 6.07) is 9.19. The summed E-state index contributed by atoms with van der Waals surface area (Å²) in [5.74, 6) is 1.16. The number of rotatable bonds is 5. The molecule has 1 amide bonds. The van der Waals surface area contributed by atoms with Gasteiger partial charge >= 0.3 is 0 Å². The number of nitrogens with one attached hydrogen (secondary N) is 2. The van der Waals surface area contributed by atoms with E-state index >= 15 is 0 Å². The minimum absolute atomic E-state index is 0.251. The van der Waals surface area contributed by atoms with Crippen LogP contribution in [0, 0.1) is 0 Å². The van der Waals surface area contributed by atoms with Crippen LogP contribution in [0.5, 0.6) is 0 Å². The second-order valence-electron chi connectivity index (χ2n) is 7.03. The second kappa shape index (κ2) is 7.33. The molecular formula is C20H25N4O2+. The van der Waals surface area contributed by atoms with E-state index in [1.165, 1.54) is 38.6 Å². The molecule has 1 saturated heterocycles. The second-order valence-corrected chi connectivity index (χ2v) is 7.03. The van der Waals surface area contributed by atoms with Crippen molar-refractivity contribution < 1.29 is 14.1 Å². The number of likely N-dealkylation sites (tertiary alicyclic amines) is 1. The van der Waals surface area contributed by atoms with Crippen molar-refractivity contribution in [1.29, 1.82) is 0 Å². The fraction of sp³-hybridized carbons (Fsp3) is 0.400. The van der Waals surface area contributed by atoms with E-state index in [-0.39, 0.29) is 5.91 Å². The topological polar surface area (TPSA) is 64.5 Å². The average molecular weight is 353 g/mol. The van der Waals surface area contributed by atoms with E-state index in [1.807, 2.05) is 18.2 Å². The fourth-order valence-electron chi connectivity index (χ4n) is 3.74. The van der Waals surface area contributed by atoms with Crippen LogP contribution in [0.3, 0.4) is 0 Å². The van der Waals surface area contributed by atoms with Crippen LogP contribution in [0.2, 0.25) is 0 Å². The lowest BCUT2D eigenvalue weighted by Crippen LogP contribution is -3.13. The van der Waals surface area contributed by atoms with Gasteiger partial charge in [0.2, 0.25) is 0 Å². The van der Waals surface area contributed by atoms with Gasteiger partial charge in [-0.1, -0.05) is 0 Å². The van der Waals surface area contributed by atoms with Crippen molar-refractivity contribution in [3.63, 3.8) is 0 Å². The normalized spacial score (nSPS) is 15.4. The van der Waals surface area contributed by atoms with Crippen LogP contribution in [0.25, 0.3) is 11.0 Å². The Morgan fingerprint density at radius 1 is 1.27 bits per heavy atom. The number of amides is 1. The van der Waals surface area contributed by atoms with Gasteiger partial charge in [0.25, 0.3) is 5.91 Å². The Bertz CT molecular complexity index is 892. The van der Waals surface area contributed by atoms with Crippen molar-refractivity contribution >= 4 is 22.6 Å². The zero-order chi connectivity index (χ0) is 17.9. The Hall–Kier alpha value is -2.60. The highest BCUT2D eigenvalue weighted by Crippen LogP contribution is 2.20. The monoisotopic (exact) mass is 353 g/mol. The summed E-state index contributed by atoms with van der Waals surface area (Å²) in [5.41, 5.74) is 2.73. The lowest BCUT2D eigenvalue weighted by atomic mass is 10.1. The highest BCUT2D eigenvalue weighted by atomic mass is 16.3. The fourth-order valence-corrected chi connectivity index (χ4v) is 3.74. The van der Waals surface area contributed by atoms with Crippen LogP contribution >= 0.6 is 0 Å². The molecule has 4 rings (SSSR count). The van der Waals surface area contributed by atoms with Gasteiger partial charge < -0.3 is 19.2 Å². The summed E-state index contributed by atoms with van der Waals surface area (Å²) in [7, 11) is 2.07. The molecule has 6 heteroatoms. The van der Waals surface area contributed by atoms with Gasteiger partial charge in [-0.2, -0.15) is 0 Å². The molecule has 0 atom stereocenters. The number of anilines is 1. The maximum Gasteiger partial charge on any atom is 0.291 e. The first-order valence-corrected chi connectivity index (χ1v) is 9.34. The molecule has 1 aliphatic rings. The lowest BCUT2D eigenvalue weighted by Gasteiger charge is -2.23. The Morgan fingerprint density at radius 3 is 2.88 bits per heavy atom. The minimum Gasteiger partial charge on any atom is -0.459 e. The predicted molar refractivity (Wildman–Crippen MR) is 100 cm³/mol. The largest absolute Gasteiger partial charge is 0.459 e. The molecule has 0 bridgehead atoms. The number of nitrogens with zero attached hydrogens (tertiary/aromatic N) is 2. The van der Waals surface area contributed by atoms with E-state index in [0.717, 1.165) is 35.5 Å². The number of imidazole rings is 1. The first-order valence-electron chi connectivity index (χ1n) is 9.34. The van der Waals surface area contributed by atoms with E-state index < -0.39 is 0 Å². The van der Waals surface area contributed by atoms with E-state index in [2.05, 4.69) is 16.9 Å². The number of quaternary nitrogens is 1. The number of aromatic nitrogens is 2. The molecule has 2 aromatic heterocycles. The third-order valence-corrected chi connectivity index (χ3v) is 5.24. The predicted octanol–water partition coefficient (Wildman–Crippen LogP) is 2.03. The van der Waals surface area contributed by atoms with E-state index in [9.17, 15) is 4.79 Å². The third-order valence-electron chi connectivity index (χ3n) is 5.24. The van der Waals surface area contributed by atoms with Gasteiger partial charge in [-0.15, -0.1) is 0 Å². The first-order chi connectivity index (χ1) is 12.7. The summed E-state index contributed by atoms with van der Waals surface area (Å²) < 4.78 is 7.30.